The van der Waals surface area contributed by atoms with E-state index in [4.69, 9.17) is 0 Å². The van der Waals surface area contributed by atoms with Gasteiger partial charge in [0.15, 0.2) is 0 Å². The highest BCUT2D eigenvalue weighted by Crippen LogP contribution is 2.67. The van der Waals surface area contributed by atoms with Gasteiger partial charge in [-0.1, -0.05) is 509 Å². The van der Waals surface area contributed by atoms with Crippen LogP contribution in [0, 0.1) is 136 Å². The number of fused-ring (bicyclic) bond motifs is 18. The first-order valence-electron chi connectivity index (χ1n) is 59.9. The Morgan fingerprint density at radius 1 is 0.131 bits per heavy atom. The van der Waals surface area contributed by atoms with Crippen LogP contribution in [0.5, 0.6) is 0 Å². The van der Waals surface area contributed by atoms with E-state index in [1.165, 1.54) is 257 Å². The Balaban J connectivity index is 0.000000246. The molecule has 18 aliphatic carbocycles. The number of allylic oxidation sites excluding steroid dienone is 24. The first-order chi connectivity index (χ1) is 63.2. The molecule has 12 atom stereocenters. The van der Waals surface area contributed by atoms with Crippen molar-refractivity contribution in [1.82, 2.24) is 0 Å². The van der Waals surface area contributed by atoms with Crippen molar-refractivity contribution in [3.63, 3.8) is 0 Å². The van der Waals surface area contributed by atoms with Crippen LogP contribution in [0.4, 0.5) is 0 Å². The fourth-order valence-corrected chi connectivity index (χ4v) is 30.0. The standard InChI is InChI=1S/C22H36.2C21H34.3C20H32.6C2H6.CH4/c1-21(2,3)18-14-19(22(4,5)6)20-16-12-10-8-7-9-11-15(16)13-17(18)20;2*1-20(2,3)17-13-18(21(4,5)6)19-15-11-9-7-8-10-14(15)12-16(17)19;3*1-19(2,3)16-12-17(20(4,5)6)18-14-10-8-7-9-13(14)11-15(16)18;6*1-2;/h15-16H,7-14H2,1-6H3;2*14-15H,7-13H2,1-6H3;3*13-14H,7-12H2,1-6H3;6*1-2H3;1H4. The summed E-state index contributed by atoms with van der Waals surface area (Å²) in [7, 11) is 0. The number of rotatable bonds is 0. The summed E-state index contributed by atoms with van der Waals surface area (Å²) < 4.78 is 0. The lowest BCUT2D eigenvalue weighted by molar-refractivity contribution is 0.298. The summed E-state index contributed by atoms with van der Waals surface area (Å²) in [4.78, 5) is 0. The Morgan fingerprint density at radius 3 is 0.343 bits per heavy atom. The Labute approximate surface area is 860 Å². The second-order valence-corrected chi connectivity index (χ2v) is 57.7. The zero-order chi connectivity index (χ0) is 103. The molecule has 0 amide bonds. The minimum atomic E-state index is 0. The van der Waals surface area contributed by atoms with Gasteiger partial charge in [0.2, 0.25) is 0 Å². The van der Waals surface area contributed by atoms with E-state index in [9.17, 15) is 0 Å². The average molecular weight is 1890 g/mol. The van der Waals surface area contributed by atoms with Crippen LogP contribution in [0.3, 0.4) is 0 Å². The molecular formula is C137H240. The molecule has 0 nitrogen and oxygen atoms in total. The van der Waals surface area contributed by atoms with Crippen molar-refractivity contribution in [1.29, 1.82) is 0 Å². The maximum Gasteiger partial charge on any atom is -0.00860 e. The summed E-state index contributed by atoms with van der Waals surface area (Å²) in [6.07, 6.45) is 57.0. The third kappa shape index (κ3) is 28.4. The molecule has 0 saturated heterocycles. The first kappa shape index (κ1) is 123. The highest BCUT2D eigenvalue weighted by Gasteiger charge is 2.53. The zero-order valence-corrected chi connectivity index (χ0v) is 101. The van der Waals surface area contributed by atoms with Crippen LogP contribution < -0.4 is 0 Å². The van der Waals surface area contributed by atoms with Crippen molar-refractivity contribution in [3.8, 4) is 0 Å². The average Bonchev–Trinajstić information content (AvgIpc) is 1.60. The van der Waals surface area contributed by atoms with Crippen LogP contribution in [-0.4, -0.2) is 0 Å². The van der Waals surface area contributed by atoms with Crippen molar-refractivity contribution in [2.75, 3.05) is 0 Å². The van der Waals surface area contributed by atoms with Crippen molar-refractivity contribution >= 4 is 0 Å². The molecule has 18 aliphatic rings. The Kier molecular flexibility index (Phi) is 44.0. The van der Waals surface area contributed by atoms with Gasteiger partial charge in [-0.15, -0.1) is 0 Å². The summed E-state index contributed by atoms with van der Waals surface area (Å²) in [5.74, 6) is 11.2. The summed E-state index contributed by atoms with van der Waals surface area (Å²) >= 11 is 0. The maximum atomic E-state index is 2.44. The smallest absolute Gasteiger partial charge is 0.00860 e. The predicted molar refractivity (Wildman–Crippen MR) is 619 cm³/mol. The van der Waals surface area contributed by atoms with Gasteiger partial charge in [0.1, 0.15) is 0 Å². The molecule has 0 aromatic heterocycles. The molecular weight excluding hydrogens is 1650 g/mol. The van der Waals surface area contributed by atoms with Crippen LogP contribution in [-0.2, 0) is 0 Å². The van der Waals surface area contributed by atoms with Crippen LogP contribution >= 0.6 is 0 Å². The largest absolute Gasteiger partial charge is 0.0776 e. The molecule has 0 aromatic carbocycles. The number of hydrogen-bond donors (Lipinski definition) is 0. The number of hydrogen-bond acceptors (Lipinski definition) is 0. The SMILES string of the molecule is C.CC.CC.CC.CC.CC.CC.CC(C)(C)C1=C2CC3CCCCC3C2=C(C(C)(C)C)C1.CC(C)(C)C1=C2CC3CCCCC3C2=C(C(C)(C)C)C1.CC(C)(C)C1=C2CC3CCCCC3C2=C(C(C)(C)C)C1.CC(C)(C)C1=C2CC3CCCCCC3C2=C(C(C)(C)C)C1.CC(C)(C)C1=C2CC3CCCCCC3C2=C(C(C)(C)C)C1.CC(C)(C)C1=C2CC3CCCCCCC3C2=C(C(C)(C)C)C1. The van der Waals surface area contributed by atoms with Crippen LogP contribution in [0.2, 0.25) is 0 Å². The Morgan fingerprint density at radius 2 is 0.226 bits per heavy atom. The van der Waals surface area contributed by atoms with Gasteiger partial charge in [0.05, 0.1) is 0 Å². The molecule has 0 bridgehead atoms. The Bertz CT molecular complexity index is 4030. The summed E-state index contributed by atoms with van der Waals surface area (Å²) in [6, 6.07) is 0. The minimum absolute atomic E-state index is 0. The third-order valence-electron chi connectivity index (χ3n) is 36.5. The maximum absolute atomic E-state index is 2.44. The molecule has 788 valence electrons. The Hall–Kier alpha value is -3.12. The third-order valence-corrected chi connectivity index (χ3v) is 36.5. The molecule has 0 radical (unpaired) electrons. The molecule has 18 rings (SSSR count). The molecule has 0 aliphatic heterocycles. The predicted octanol–water partition coefficient (Wildman–Crippen LogP) is 46.1. The normalized spacial score (nSPS) is 28.0. The quantitative estimate of drug-likeness (QED) is 0.227. The minimum Gasteiger partial charge on any atom is -0.0776 e. The zero-order valence-electron chi connectivity index (χ0n) is 101. The van der Waals surface area contributed by atoms with E-state index in [-0.39, 0.29) is 7.43 Å². The van der Waals surface area contributed by atoms with E-state index in [1.54, 1.807) is 83.6 Å². The lowest BCUT2D eigenvalue weighted by Gasteiger charge is -2.31. The molecule has 0 aromatic rings. The lowest BCUT2D eigenvalue weighted by atomic mass is 9.74. The summed E-state index contributed by atoms with van der Waals surface area (Å²) in [5.41, 5.74) is 47.4. The topological polar surface area (TPSA) is 0 Å². The van der Waals surface area contributed by atoms with Crippen LogP contribution in [0.1, 0.15) is 597 Å². The van der Waals surface area contributed by atoms with Crippen LogP contribution in [0.25, 0.3) is 0 Å². The lowest BCUT2D eigenvalue weighted by Crippen LogP contribution is -2.19. The van der Waals surface area contributed by atoms with E-state index >= 15 is 0 Å². The summed E-state index contributed by atoms with van der Waals surface area (Å²) in [6.45, 7) is 111. The molecule has 12 saturated carbocycles. The van der Waals surface area contributed by atoms with Gasteiger partial charge in [-0.2, -0.15) is 0 Å². The van der Waals surface area contributed by atoms with Crippen molar-refractivity contribution < 1.29 is 0 Å². The molecule has 0 N–H and O–H groups in total. The first-order valence-corrected chi connectivity index (χ1v) is 59.9. The van der Waals surface area contributed by atoms with E-state index in [0.29, 0.717) is 65.0 Å². The highest BCUT2D eigenvalue weighted by molar-refractivity contribution is 5.61. The fourth-order valence-electron chi connectivity index (χ4n) is 30.0. The summed E-state index contributed by atoms with van der Waals surface area (Å²) in [5, 5.41) is 0. The molecule has 0 heterocycles. The monoisotopic (exact) mass is 1890 g/mol. The molecule has 12 fully saturated rings. The van der Waals surface area contributed by atoms with Gasteiger partial charge in [-0.05, 0) is 357 Å². The fraction of sp³-hybridized carbons (Fsp3) is 0.825. The second kappa shape index (κ2) is 49.1. The van der Waals surface area contributed by atoms with Gasteiger partial charge in [-0.25, -0.2) is 0 Å². The van der Waals surface area contributed by atoms with E-state index in [2.05, 4.69) is 249 Å². The van der Waals surface area contributed by atoms with Crippen LogP contribution in [0.15, 0.2) is 134 Å². The van der Waals surface area contributed by atoms with Crippen molar-refractivity contribution in [3.05, 3.63) is 134 Å². The van der Waals surface area contributed by atoms with Gasteiger partial charge in [-0.3, -0.25) is 0 Å². The van der Waals surface area contributed by atoms with E-state index < -0.39 is 0 Å². The molecule has 12 unspecified atom stereocenters. The van der Waals surface area contributed by atoms with Crippen molar-refractivity contribution in [2.45, 2.75) is 597 Å². The highest BCUT2D eigenvalue weighted by atomic mass is 14.6. The van der Waals surface area contributed by atoms with Gasteiger partial charge >= 0.3 is 0 Å². The van der Waals surface area contributed by atoms with Gasteiger partial charge < -0.3 is 0 Å². The molecule has 0 heteroatoms. The van der Waals surface area contributed by atoms with Crippen molar-refractivity contribution in [2.24, 2.45) is 136 Å². The van der Waals surface area contributed by atoms with E-state index in [1.807, 2.05) is 133 Å². The van der Waals surface area contributed by atoms with Gasteiger partial charge in [0, 0.05) is 0 Å². The molecule has 137 heavy (non-hydrogen) atoms. The second-order valence-electron chi connectivity index (χ2n) is 57.7. The van der Waals surface area contributed by atoms with E-state index in [0.717, 1.165) is 71.0 Å². The molecule has 0 spiro atoms. The van der Waals surface area contributed by atoms with Gasteiger partial charge in [0.25, 0.3) is 0 Å².